The molecular formula is C15H22N2OS. The third kappa shape index (κ3) is 5.39. The van der Waals surface area contributed by atoms with Gasteiger partial charge in [-0.25, -0.2) is 0 Å². The van der Waals surface area contributed by atoms with Crippen molar-refractivity contribution in [3.05, 3.63) is 35.4 Å². The molecule has 104 valence electrons. The lowest BCUT2D eigenvalue weighted by molar-refractivity contribution is -0.130. The number of amides is 1. The van der Waals surface area contributed by atoms with E-state index in [0.717, 1.165) is 6.42 Å². The number of benzene rings is 1. The van der Waals surface area contributed by atoms with Crippen molar-refractivity contribution >= 4 is 23.1 Å². The summed E-state index contributed by atoms with van der Waals surface area (Å²) in [6, 6.07) is 8.25. The second-order valence-corrected chi connectivity index (χ2v) is 5.54. The molecule has 1 atom stereocenters. The van der Waals surface area contributed by atoms with Gasteiger partial charge in [-0.2, -0.15) is 0 Å². The number of nitrogens with zero attached hydrogens (tertiary/aromatic N) is 1. The highest BCUT2D eigenvalue weighted by Gasteiger charge is 2.13. The van der Waals surface area contributed by atoms with Crippen LogP contribution in [0.1, 0.15) is 24.5 Å². The molecule has 3 nitrogen and oxygen atoms in total. The van der Waals surface area contributed by atoms with E-state index in [2.05, 4.69) is 25.1 Å². The van der Waals surface area contributed by atoms with E-state index < -0.39 is 0 Å². The summed E-state index contributed by atoms with van der Waals surface area (Å²) in [5.74, 6) is 0.188. The predicted octanol–water partition coefficient (Wildman–Crippen LogP) is 2.31. The highest BCUT2D eigenvalue weighted by molar-refractivity contribution is 7.80. The number of carbonyl (C=O) groups is 1. The van der Waals surface area contributed by atoms with Crippen molar-refractivity contribution in [1.29, 1.82) is 0 Å². The van der Waals surface area contributed by atoms with Gasteiger partial charge in [0.05, 0.1) is 4.99 Å². The van der Waals surface area contributed by atoms with Crippen molar-refractivity contribution in [2.75, 3.05) is 13.6 Å². The van der Waals surface area contributed by atoms with Crippen LogP contribution in [0, 0.1) is 12.8 Å². The SMILES string of the molecule is Cc1cccc(CCC(=O)N(C)CC(C)C(N)=S)c1. The van der Waals surface area contributed by atoms with E-state index in [1.807, 2.05) is 13.0 Å². The van der Waals surface area contributed by atoms with Crippen LogP contribution in [0.5, 0.6) is 0 Å². The highest BCUT2D eigenvalue weighted by Crippen LogP contribution is 2.08. The molecule has 0 saturated carbocycles. The van der Waals surface area contributed by atoms with Gasteiger partial charge in [-0.3, -0.25) is 4.79 Å². The van der Waals surface area contributed by atoms with Crippen LogP contribution in [-0.4, -0.2) is 29.4 Å². The zero-order valence-corrected chi connectivity index (χ0v) is 12.7. The van der Waals surface area contributed by atoms with Gasteiger partial charge in [0.25, 0.3) is 0 Å². The van der Waals surface area contributed by atoms with Gasteiger partial charge in [-0.05, 0) is 18.9 Å². The molecule has 19 heavy (non-hydrogen) atoms. The minimum atomic E-state index is 0.0583. The van der Waals surface area contributed by atoms with Crippen molar-refractivity contribution < 1.29 is 4.79 Å². The van der Waals surface area contributed by atoms with E-state index in [-0.39, 0.29) is 11.8 Å². The smallest absolute Gasteiger partial charge is 0.222 e. The van der Waals surface area contributed by atoms with Crippen molar-refractivity contribution in [3.63, 3.8) is 0 Å². The molecule has 0 aliphatic carbocycles. The van der Waals surface area contributed by atoms with E-state index in [1.54, 1.807) is 11.9 Å². The molecule has 0 spiro atoms. The maximum atomic E-state index is 12.0. The molecule has 1 aromatic carbocycles. The highest BCUT2D eigenvalue weighted by atomic mass is 32.1. The van der Waals surface area contributed by atoms with E-state index >= 15 is 0 Å². The molecule has 0 heterocycles. The Hall–Kier alpha value is -1.42. The van der Waals surface area contributed by atoms with E-state index in [9.17, 15) is 4.79 Å². The summed E-state index contributed by atoms with van der Waals surface area (Å²) < 4.78 is 0. The van der Waals surface area contributed by atoms with Gasteiger partial charge < -0.3 is 10.6 Å². The van der Waals surface area contributed by atoms with Crippen LogP contribution < -0.4 is 5.73 Å². The normalized spacial score (nSPS) is 11.9. The van der Waals surface area contributed by atoms with Gasteiger partial charge >= 0.3 is 0 Å². The molecule has 2 N–H and O–H groups in total. The molecule has 0 aliphatic rings. The molecule has 0 bridgehead atoms. The number of hydrogen-bond acceptors (Lipinski definition) is 2. The molecule has 0 radical (unpaired) electrons. The minimum absolute atomic E-state index is 0.0583. The average molecular weight is 278 g/mol. The Balaban J connectivity index is 2.44. The van der Waals surface area contributed by atoms with Gasteiger partial charge in [0, 0.05) is 25.9 Å². The van der Waals surface area contributed by atoms with Crippen molar-refractivity contribution in [2.45, 2.75) is 26.7 Å². The molecule has 4 heteroatoms. The molecule has 1 unspecified atom stereocenters. The minimum Gasteiger partial charge on any atom is -0.393 e. The Morgan fingerprint density at radius 3 is 2.74 bits per heavy atom. The number of hydrogen-bond donors (Lipinski definition) is 1. The third-order valence-corrected chi connectivity index (χ3v) is 3.57. The number of aryl methyl sites for hydroxylation is 2. The molecule has 0 aromatic heterocycles. The molecule has 1 rings (SSSR count). The standard InChI is InChI=1S/C15H22N2OS/c1-11-5-4-6-13(9-11)7-8-14(18)17(3)10-12(2)15(16)19/h4-6,9,12H,7-8,10H2,1-3H3,(H2,16,19). The number of carbonyl (C=O) groups excluding carboxylic acids is 1. The Morgan fingerprint density at radius 1 is 1.47 bits per heavy atom. The lowest BCUT2D eigenvalue weighted by atomic mass is 10.1. The topological polar surface area (TPSA) is 46.3 Å². The maximum absolute atomic E-state index is 12.0. The van der Waals surface area contributed by atoms with E-state index in [4.69, 9.17) is 18.0 Å². The summed E-state index contributed by atoms with van der Waals surface area (Å²) >= 11 is 4.92. The number of nitrogens with two attached hydrogens (primary N) is 1. The van der Waals surface area contributed by atoms with Crippen LogP contribution in [0.15, 0.2) is 24.3 Å². The van der Waals surface area contributed by atoms with E-state index in [1.165, 1.54) is 11.1 Å². The van der Waals surface area contributed by atoms with Crippen molar-refractivity contribution in [3.8, 4) is 0 Å². The summed E-state index contributed by atoms with van der Waals surface area (Å²) in [5.41, 5.74) is 7.98. The molecule has 0 saturated heterocycles. The third-order valence-electron chi connectivity index (χ3n) is 3.17. The zero-order valence-electron chi connectivity index (χ0n) is 11.8. The first-order chi connectivity index (χ1) is 8.90. The van der Waals surface area contributed by atoms with Gasteiger partial charge in [0.15, 0.2) is 0 Å². The first kappa shape index (κ1) is 15.6. The molecule has 1 amide bonds. The molecule has 0 fully saturated rings. The van der Waals surface area contributed by atoms with Gasteiger partial charge in [-0.15, -0.1) is 0 Å². The predicted molar refractivity (Wildman–Crippen MR) is 83.1 cm³/mol. The van der Waals surface area contributed by atoms with Crippen LogP contribution in [0.3, 0.4) is 0 Å². The lowest BCUT2D eigenvalue weighted by Crippen LogP contribution is -2.35. The molecule has 1 aromatic rings. The van der Waals surface area contributed by atoms with Crippen LogP contribution in [0.25, 0.3) is 0 Å². The van der Waals surface area contributed by atoms with Crippen molar-refractivity contribution in [1.82, 2.24) is 4.90 Å². The fourth-order valence-corrected chi connectivity index (χ4v) is 1.99. The summed E-state index contributed by atoms with van der Waals surface area (Å²) in [4.78, 5) is 14.2. The van der Waals surface area contributed by atoms with Crippen molar-refractivity contribution in [2.24, 2.45) is 11.7 Å². The van der Waals surface area contributed by atoms with Crippen LogP contribution in [-0.2, 0) is 11.2 Å². The van der Waals surface area contributed by atoms with Gasteiger partial charge in [0.2, 0.25) is 5.91 Å². The first-order valence-electron chi connectivity index (χ1n) is 6.49. The summed E-state index contributed by atoms with van der Waals surface area (Å²) in [5, 5.41) is 0. The second kappa shape index (κ2) is 7.24. The fourth-order valence-electron chi connectivity index (χ4n) is 1.91. The lowest BCUT2D eigenvalue weighted by Gasteiger charge is -2.21. The Morgan fingerprint density at radius 2 is 2.16 bits per heavy atom. The second-order valence-electron chi connectivity index (χ2n) is 5.07. The first-order valence-corrected chi connectivity index (χ1v) is 6.89. The van der Waals surface area contributed by atoms with Gasteiger partial charge in [0.1, 0.15) is 0 Å². The Kier molecular flexibility index (Phi) is 5.96. The quantitative estimate of drug-likeness (QED) is 0.812. The summed E-state index contributed by atoms with van der Waals surface area (Å²) in [7, 11) is 1.80. The summed E-state index contributed by atoms with van der Waals surface area (Å²) in [6.45, 7) is 4.58. The Bertz CT molecular complexity index is 459. The number of rotatable bonds is 6. The molecule has 0 aliphatic heterocycles. The Labute approximate surface area is 120 Å². The fraction of sp³-hybridized carbons (Fsp3) is 0.467. The number of thiocarbonyl (C=S) groups is 1. The largest absolute Gasteiger partial charge is 0.393 e. The summed E-state index contributed by atoms with van der Waals surface area (Å²) in [6.07, 6.45) is 1.29. The monoisotopic (exact) mass is 278 g/mol. The zero-order chi connectivity index (χ0) is 14.4. The van der Waals surface area contributed by atoms with E-state index in [0.29, 0.717) is 18.0 Å². The average Bonchev–Trinajstić information content (AvgIpc) is 2.35. The van der Waals surface area contributed by atoms with Gasteiger partial charge in [-0.1, -0.05) is 49.0 Å². The van der Waals surface area contributed by atoms with Crippen LogP contribution in [0.4, 0.5) is 0 Å². The molecular weight excluding hydrogens is 256 g/mol. The maximum Gasteiger partial charge on any atom is 0.222 e. The van der Waals surface area contributed by atoms with Crippen LogP contribution >= 0.6 is 12.2 Å². The van der Waals surface area contributed by atoms with Crippen LogP contribution in [0.2, 0.25) is 0 Å².